The van der Waals surface area contributed by atoms with Gasteiger partial charge in [0.05, 0.1) is 19.1 Å². The van der Waals surface area contributed by atoms with Gasteiger partial charge in [0, 0.05) is 12.5 Å². The summed E-state index contributed by atoms with van der Waals surface area (Å²) in [5.41, 5.74) is 0.388. The van der Waals surface area contributed by atoms with E-state index in [0.29, 0.717) is 17.8 Å². The number of carbonyl (C=O) groups is 2. The van der Waals surface area contributed by atoms with E-state index in [1.165, 1.54) is 19.3 Å². The zero-order chi connectivity index (χ0) is 37.5. The fraction of sp³-hybridized carbons (Fsp3) is 0.900. The average molecular weight is 720 g/mol. The highest BCUT2D eigenvalue weighted by Gasteiger charge is 2.72. The summed E-state index contributed by atoms with van der Waals surface area (Å²) in [5.74, 6) is 0.503. The molecular formula is C40H65NO10. The zero-order valence-corrected chi connectivity index (χ0v) is 32.2. The van der Waals surface area contributed by atoms with Gasteiger partial charge >= 0.3 is 11.9 Å². The number of carboxylic acid groups (broad SMARTS) is 1. The number of ether oxygens (including phenoxy) is 3. The van der Waals surface area contributed by atoms with Crippen LogP contribution in [-0.2, 0) is 28.6 Å². The summed E-state index contributed by atoms with van der Waals surface area (Å²) >= 11 is 0. The minimum Gasteiger partial charge on any atom is -0.481 e. The van der Waals surface area contributed by atoms with Crippen molar-refractivity contribution in [3.63, 3.8) is 0 Å². The third-order valence-electron chi connectivity index (χ3n) is 16.6. The molecule has 0 unspecified atom stereocenters. The maximum atomic E-state index is 13.6. The van der Waals surface area contributed by atoms with Crippen molar-refractivity contribution >= 4 is 11.9 Å². The van der Waals surface area contributed by atoms with Crippen LogP contribution in [0.2, 0.25) is 0 Å². The molecule has 0 spiro atoms. The minimum absolute atomic E-state index is 0.0429. The van der Waals surface area contributed by atoms with Crippen molar-refractivity contribution in [3.8, 4) is 0 Å². The molecule has 0 radical (unpaired) electrons. The van der Waals surface area contributed by atoms with Gasteiger partial charge in [-0.1, -0.05) is 46.8 Å². The van der Waals surface area contributed by atoms with Gasteiger partial charge in [-0.05, 0) is 117 Å². The Morgan fingerprint density at radius 1 is 0.882 bits per heavy atom. The molecule has 1 heterocycles. The van der Waals surface area contributed by atoms with Crippen LogP contribution in [0.3, 0.4) is 0 Å². The fourth-order valence-electron chi connectivity index (χ4n) is 13.9. The summed E-state index contributed by atoms with van der Waals surface area (Å²) in [6, 6.07) is 0. The molecule has 6 aliphatic rings. The molecular weight excluding hydrogens is 654 g/mol. The van der Waals surface area contributed by atoms with Gasteiger partial charge in [-0.25, -0.2) is 0 Å². The molecule has 290 valence electrons. The van der Waals surface area contributed by atoms with E-state index in [-0.39, 0.29) is 46.1 Å². The van der Waals surface area contributed by atoms with Gasteiger partial charge in [0.15, 0.2) is 6.23 Å². The number of nitrogens with zero attached hydrogens (tertiary/aromatic N) is 1. The summed E-state index contributed by atoms with van der Waals surface area (Å²) in [4.78, 5) is 32.1. The van der Waals surface area contributed by atoms with Crippen LogP contribution in [0.1, 0.15) is 106 Å². The molecule has 0 amide bonds. The Bertz CT molecular complexity index is 1360. The van der Waals surface area contributed by atoms with Crippen molar-refractivity contribution in [2.24, 2.45) is 56.7 Å². The molecule has 1 saturated heterocycles. The van der Waals surface area contributed by atoms with Crippen LogP contribution < -0.4 is 0 Å². The van der Waals surface area contributed by atoms with Crippen LogP contribution in [0.5, 0.6) is 0 Å². The van der Waals surface area contributed by atoms with Crippen LogP contribution >= 0.6 is 0 Å². The van der Waals surface area contributed by atoms with E-state index >= 15 is 0 Å². The second-order valence-corrected chi connectivity index (χ2v) is 18.7. The van der Waals surface area contributed by atoms with Gasteiger partial charge in [-0.2, -0.15) is 0 Å². The van der Waals surface area contributed by atoms with Crippen LogP contribution in [0.4, 0.5) is 0 Å². The number of carbonyl (C=O) groups excluding carboxylic acids is 1. The topological polar surface area (TPSA) is 155 Å². The average Bonchev–Trinajstić information content (AvgIpc) is 3.48. The zero-order valence-electron chi connectivity index (χ0n) is 32.2. The molecule has 0 aromatic rings. The van der Waals surface area contributed by atoms with Gasteiger partial charge in [0.1, 0.15) is 37.1 Å². The van der Waals surface area contributed by atoms with Crippen molar-refractivity contribution < 1.29 is 49.1 Å². The summed E-state index contributed by atoms with van der Waals surface area (Å²) in [5, 5.41) is 43.0. The van der Waals surface area contributed by atoms with Crippen molar-refractivity contribution in [1.29, 1.82) is 0 Å². The van der Waals surface area contributed by atoms with E-state index < -0.39 is 54.6 Å². The molecule has 5 saturated carbocycles. The van der Waals surface area contributed by atoms with Crippen LogP contribution in [0.15, 0.2) is 12.2 Å². The van der Waals surface area contributed by atoms with E-state index in [0.717, 1.165) is 69.8 Å². The Balaban J connectivity index is 1.19. The van der Waals surface area contributed by atoms with E-state index in [2.05, 4.69) is 48.1 Å². The van der Waals surface area contributed by atoms with Crippen molar-refractivity contribution in [3.05, 3.63) is 12.2 Å². The van der Waals surface area contributed by atoms with Gasteiger partial charge in [-0.3, -0.25) is 14.4 Å². The minimum atomic E-state index is -1.34. The number of aliphatic carboxylic acids is 1. The molecule has 0 bridgehead atoms. The number of methoxy groups -OCH3 is 1. The Labute approximate surface area is 304 Å². The second kappa shape index (κ2) is 13.6. The van der Waals surface area contributed by atoms with Gasteiger partial charge in [-0.15, -0.1) is 5.06 Å². The van der Waals surface area contributed by atoms with Crippen molar-refractivity contribution in [1.82, 2.24) is 5.06 Å². The van der Waals surface area contributed by atoms with E-state index in [1.807, 2.05) is 0 Å². The maximum absolute atomic E-state index is 13.6. The normalized spacial score (nSPS) is 48.9. The SMILES string of the molecule is C=C(C)[C@@H]1CC[C@]2(C(=O)O)CC[C@]3(C)[C@H](CC[C@@H]4[C@@]5(C)CC[C@H](OC(=O)CN(OC)[C@H]6O[C@H](CO)[C@@H](O)[C@H](OC)[C@H]6O)C(C)(C)[C@@H]5CC[C@]43C)[C@@H]12. The highest BCUT2D eigenvalue weighted by atomic mass is 16.7. The van der Waals surface area contributed by atoms with Crippen LogP contribution in [0, 0.1) is 56.7 Å². The molecule has 51 heavy (non-hydrogen) atoms. The predicted octanol–water partition coefficient (Wildman–Crippen LogP) is 4.96. The number of rotatable bonds is 9. The number of esters is 1. The molecule has 5 aliphatic carbocycles. The first-order chi connectivity index (χ1) is 23.9. The highest BCUT2D eigenvalue weighted by molar-refractivity contribution is 5.76. The van der Waals surface area contributed by atoms with Crippen LogP contribution in [0.25, 0.3) is 0 Å². The van der Waals surface area contributed by atoms with Gasteiger partial charge in [0.2, 0.25) is 0 Å². The molecule has 11 nitrogen and oxygen atoms in total. The molecule has 15 atom stereocenters. The maximum Gasteiger partial charge on any atom is 0.323 e. The molecule has 0 aromatic carbocycles. The van der Waals surface area contributed by atoms with Gasteiger partial charge in [0.25, 0.3) is 0 Å². The van der Waals surface area contributed by atoms with E-state index in [1.54, 1.807) is 0 Å². The number of aliphatic hydroxyl groups excluding tert-OH is 3. The molecule has 0 aromatic heterocycles. The third kappa shape index (κ3) is 5.68. The van der Waals surface area contributed by atoms with E-state index in [4.69, 9.17) is 19.0 Å². The number of hydrogen-bond acceptors (Lipinski definition) is 10. The summed E-state index contributed by atoms with van der Waals surface area (Å²) in [6.45, 7) is 17.7. The highest BCUT2D eigenvalue weighted by Crippen LogP contribution is 2.77. The lowest BCUT2D eigenvalue weighted by Crippen LogP contribution is -2.67. The molecule has 1 aliphatic heterocycles. The molecule has 6 rings (SSSR count). The Morgan fingerprint density at radius 2 is 1.59 bits per heavy atom. The third-order valence-corrected chi connectivity index (χ3v) is 16.6. The first-order valence-corrected chi connectivity index (χ1v) is 19.4. The standard InChI is InChI=1S/C40H65NO10/c1-22(2)23-12-17-40(35(46)47)19-18-38(6)24(30(23)40)10-11-27-37(5)15-14-28(36(3,4)26(37)13-16-39(27,38)7)51-29(43)20-41(49-9)34-32(45)33(48-8)31(44)25(21-42)50-34/h23-28,30-34,42,44-45H,1,10-21H2,2-9H3,(H,46,47)/t23-,24+,25+,26-,27+,28-,30+,31+,32+,33-,34-,37-,38+,39+,40-/m0/s1. The lowest BCUT2D eigenvalue weighted by molar-refractivity contribution is -0.329. The molecule has 4 N–H and O–H groups in total. The number of hydroxylamine groups is 2. The number of aliphatic hydroxyl groups is 3. The second-order valence-electron chi connectivity index (χ2n) is 18.7. The lowest BCUT2D eigenvalue weighted by Gasteiger charge is -2.72. The fourth-order valence-corrected chi connectivity index (χ4v) is 13.9. The number of carboxylic acids is 1. The summed E-state index contributed by atoms with van der Waals surface area (Å²) in [6.07, 6.45) is 3.21. The largest absolute Gasteiger partial charge is 0.481 e. The summed E-state index contributed by atoms with van der Waals surface area (Å²) in [7, 11) is 2.72. The Morgan fingerprint density at radius 3 is 2.20 bits per heavy atom. The number of allylic oxidation sites excluding steroid dienone is 1. The molecule has 6 fully saturated rings. The predicted molar refractivity (Wildman–Crippen MR) is 189 cm³/mol. The van der Waals surface area contributed by atoms with Crippen molar-refractivity contribution in [2.45, 2.75) is 142 Å². The first kappa shape index (κ1) is 39.1. The van der Waals surface area contributed by atoms with Crippen LogP contribution in [-0.4, -0.2) is 102 Å². The Kier molecular flexibility index (Phi) is 10.4. The quantitative estimate of drug-likeness (QED) is 0.145. The monoisotopic (exact) mass is 719 g/mol. The number of fused-ring (bicyclic) bond motifs is 7. The Hall–Kier alpha value is -1.60. The summed E-state index contributed by atoms with van der Waals surface area (Å²) < 4.78 is 17.3. The van der Waals surface area contributed by atoms with Crippen molar-refractivity contribution in [2.75, 3.05) is 27.4 Å². The lowest BCUT2D eigenvalue weighted by atomic mass is 9.32. The smallest absolute Gasteiger partial charge is 0.323 e. The van der Waals surface area contributed by atoms with E-state index in [9.17, 15) is 30.0 Å². The number of hydrogen-bond donors (Lipinski definition) is 4. The van der Waals surface area contributed by atoms with Gasteiger partial charge < -0.3 is 34.6 Å². The molecule has 11 heteroatoms. The first-order valence-electron chi connectivity index (χ1n) is 19.4.